The Morgan fingerprint density at radius 3 is 2.66 bits per heavy atom. The second-order valence-corrected chi connectivity index (χ2v) is 7.76. The highest BCUT2D eigenvalue weighted by atomic mass is 32.2. The number of nitrogens with zero attached hydrogens (tertiary/aromatic N) is 4. The van der Waals surface area contributed by atoms with Crippen molar-refractivity contribution >= 4 is 28.9 Å². The van der Waals surface area contributed by atoms with Crippen LogP contribution < -0.4 is 0 Å². The minimum absolute atomic E-state index is 0.267. The van der Waals surface area contributed by atoms with Gasteiger partial charge in [0.25, 0.3) is 5.91 Å². The number of rotatable bonds is 4. The number of piperazine rings is 1. The fraction of sp³-hybridized carbons (Fsp3) is 0.286. The number of amidine groups is 1. The number of thioether (sulfide) groups is 1. The Labute approximate surface area is 172 Å². The molecule has 3 heterocycles. The number of carbonyl (C=O) groups excluding carboxylic acids is 1. The van der Waals surface area contributed by atoms with E-state index in [1.807, 2.05) is 0 Å². The largest absolute Gasteiger partial charge is 0.457 e. The molecule has 2 aromatic rings. The van der Waals surface area contributed by atoms with Gasteiger partial charge in [0.05, 0.1) is 11.0 Å². The first-order valence-electron chi connectivity index (χ1n) is 9.35. The van der Waals surface area contributed by atoms with Gasteiger partial charge in [0.15, 0.2) is 5.17 Å². The average molecular weight is 410 g/mol. The number of aliphatic imine (C=N–C) groups is 1. The molecule has 0 saturated carbocycles. The van der Waals surface area contributed by atoms with Gasteiger partial charge >= 0.3 is 0 Å². The highest BCUT2D eigenvalue weighted by molar-refractivity contribution is 8.18. The van der Waals surface area contributed by atoms with Gasteiger partial charge in [-0.05, 0) is 48.2 Å². The molecule has 4 rings (SSSR count). The summed E-state index contributed by atoms with van der Waals surface area (Å²) >= 11 is 1.35. The van der Waals surface area contributed by atoms with Crippen molar-refractivity contribution in [3.8, 4) is 17.4 Å². The van der Waals surface area contributed by atoms with E-state index in [9.17, 15) is 9.18 Å². The van der Waals surface area contributed by atoms with E-state index in [0.717, 1.165) is 38.3 Å². The quantitative estimate of drug-likeness (QED) is 0.718. The molecule has 1 amide bonds. The van der Waals surface area contributed by atoms with Gasteiger partial charge in [0.2, 0.25) is 0 Å². The monoisotopic (exact) mass is 410 g/mol. The van der Waals surface area contributed by atoms with E-state index in [1.165, 1.54) is 23.9 Å². The maximum atomic E-state index is 13.1. The molecular formula is C21H19FN4O2S. The fourth-order valence-electron chi connectivity index (χ4n) is 3.23. The van der Waals surface area contributed by atoms with Crippen molar-refractivity contribution in [3.05, 3.63) is 52.9 Å². The molecule has 1 aromatic carbocycles. The third kappa shape index (κ3) is 4.58. The Morgan fingerprint density at radius 1 is 1.17 bits per heavy atom. The zero-order valence-corrected chi connectivity index (χ0v) is 16.5. The molecule has 29 heavy (non-hydrogen) atoms. The van der Waals surface area contributed by atoms with Crippen LogP contribution in [0.1, 0.15) is 12.2 Å². The van der Waals surface area contributed by atoms with E-state index in [2.05, 4.69) is 20.9 Å². The maximum absolute atomic E-state index is 13.1. The highest BCUT2D eigenvalue weighted by Gasteiger charge is 2.28. The highest BCUT2D eigenvalue weighted by Crippen LogP contribution is 2.32. The Hall–Kier alpha value is -2.89. The van der Waals surface area contributed by atoms with Gasteiger partial charge < -0.3 is 9.32 Å². The number of nitriles is 1. The normalized spacial score (nSPS) is 18.9. The molecule has 0 atom stereocenters. The topological polar surface area (TPSA) is 72.8 Å². The van der Waals surface area contributed by atoms with E-state index >= 15 is 0 Å². The van der Waals surface area contributed by atoms with Gasteiger partial charge in [-0.25, -0.2) is 4.39 Å². The van der Waals surface area contributed by atoms with Gasteiger partial charge in [-0.15, -0.1) is 0 Å². The molecule has 0 aliphatic carbocycles. The number of benzene rings is 1. The first kappa shape index (κ1) is 19.4. The predicted molar refractivity (Wildman–Crippen MR) is 110 cm³/mol. The van der Waals surface area contributed by atoms with Crippen molar-refractivity contribution in [1.82, 2.24) is 9.80 Å². The second-order valence-electron chi connectivity index (χ2n) is 6.76. The van der Waals surface area contributed by atoms with Crippen molar-refractivity contribution in [1.29, 1.82) is 5.26 Å². The molecule has 8 heteroatoms. The number of amides is 1. The van der Waals surface area contributed by atoms with Crippen LogP contribution in [0.2, 0.25) is 0 Å². The lowest BCUT2D eigenvalue weighted by atomic mass is 10.2. The molecule has 1 fully saturated rings. The van der Waals surface area contributed by atoms with Crippen LogP contribution in [0, 0.1) is 17.1 Å². The van der Waals surface area contributed by atoms with Crippen LogP contribution in [-0.2, 0) is 4.79 Å². The van der Waals surface area contributed by atoms with E-state index in [-0.39, 0.29) is 11.7 Å². The Bertz CT molecular complexity index is 998. The summed E-state index contributed by atoms with van der Waals surface area (Å²) in [6.07, 6.45) is 2.23. The summed E-state index contributed by atoms with van der Waals surface area (Å²) in [5.41, 5.74) is 0.771. The van der Waals surface area contributed by atoms with Crippen LogP contribution in [-0.4, -0.2) is 53.6 Å². The molecular weight excluding hydrogens is 391 g/mol. The second kappa shape index (κ2) is 8.64. The summed E-state index contributed by atoms with van der Waals surface area (Å²) in [5.74, 6) is 0.600. The summed E-state index contributed by atoms with van der Waals surface area (Å²) in [6.45, 7) is 4.06. The average Bonchev–Trinajstić information content (AvgIpc) is 3.35. The molecule has 0 N–H and O–H groups in total. The van der Waals surface area contributed by atoms with E-state index in [1.54, 1.807) is 30.3 Å². The molecule has 2 aliphatic rings. The number of carbonyl (C=O) groups is 1. The van der Waals surface area contributed by atoms with Gasteiger partial charge in [0, 0.05) is 50.8 Å². The van der Waals surface area contributed by atoms with Crippen molar-refractivity contribution < 1.29 is 13.6 Å². The van der Waals surface area contributed by atoms with Gasteiger partial charge in [-0.1, -0.05) is 0 Å². The van der Waals surface area contributed by atoms with Crippen LogP contribution in [0.15, 0.2) is 50.7 Å². The lowest BCUT2D eigenvalue weighted by Gasteiger charge is -2.34. The first-order chi connectivity index (χ1) is 14.1. The third-order valence-corrected chi connectivity index (χ3v) is 5.87. The Kier molecular flexibility index (Phi) is 5.79. The third-order valence-electron chi connectivity index (χ3n) is 4.82. The lowest BCUT2D eigenvalue weighted by Crippen LogP contribution is -2.47. The summed E-state index contributed by atoms with van der Waals surface area (Å²) in [7, 11) is 0. The first-order valence-corrected chi connectivity index (χ1v) is 10.2. The molecule has 0 bridgehead atoms. The Balaban J connectivity index is 1.39. The molecule has 6 nitrogen and oxygen atoms in total. The van der Waals surface area contributed by atoms with Crippen LogP contribution in [0.3, 0.4) is 0 Å². The summed E-state index contributed by atoms with van der Waals surface area (Å²) < 4.78 is 18.9. The van der Waals surface area contributed by atoms with Crippen molar-refractivity contribution in [3.63, 3.8) is 0 Å². The molecule has 1 aromatic heterocycles. The maximum Gasteiger partial charge on any atom is 0.286 e. The Morgan fingerprint density at radius 2 is 1.93 bits per heavy atom. The number of hydrogen-bond donors (Lipinski definition) is 0. The number of halogens is 1. The van der Waals surface area contributed by atoms with Gasteiger partial charge in [-0.2, -0.15) is 10.3 Å². The molecule has 148 valence electrons. The van der Waals surface area contributed by atoms with Crippen molar-refractivity contribution in [2.24, 2.45) is 4.99 Å². The summed E-state index contributed by atoms with van der Waals surface area (Å²) in [4.78, 5) is 21.4. The lowest BCUT2D eigenvalue weighted by molar-refractivity contribution is -0.113. The molecule has 0 unspecified atom stereocenters. The van der Waals surface area contributed by atoms with Gasteiger partial charge in [0.1, 0.15) is 17.3 Å². The van der Waals surface area contributed by atoms with Crippen LogP contribution in [0.4, 0.5) is 4.39 Å². The molecule has 2 aliphatic heterocycles. The smallest absolute Gasteiger partial charge is 0.286 e. The molecule has 1 saturated heterocycles. The summed E-state index contributed by atoms with van der Waals surface area (Å²) in [5, 5.41) is 9.42. The minimum Gasteiger partial charge on any atom is -0.457 e. The van der Waals surface area contributed by atoms with E-state index < -0.39 is 0 Å². The van der Waals surface area contributed by atoms with Gasteiger partial charge in [-0.3, -0.25) is 9.69 Å². The van der Waals surface area contributed by atoms with Crippen LogP contribution in [0.25, 0.3) is 17.4 Å². The zero-order chi connectivity index (χ0) is 20.2. The van der Waals surface area contributed by atoms with Crippen LogP contribution >= 0.6 is 11.8 Å². The fourth-order valence-corrected chi connectivity index (χ4v) is 4.18. The number of hydrogen-bond acceptors (Lipinski definition) is 6. The van der Waals surface area contributed by atoms with E-state index in [0.29, 0.717) is 28.0 Å². The summed E-state index contributed by atoms with van der Waals surface area (Å²) in [6, 6.07) is 11.8. The zero-order valence-electron chi connectivity index (χ0n) is 15.7. The SMILES string of the molecule is N#CCCN1CCN(C2=NC(=O)/C(=C/c3ccc(-c4ccc(F)cc4)o3)S2)CC1. The molecule has 0 spiro atoms. The molecule has 0 radical (unpaired) electrons. The van der Waals surface area contributed by atoms with E-state index in [4.69, 9.17) is 9.68 Å². The number of furan rings is 1. The minimum atomic E-state index is -0.300. The van der Waals surface area contributed by atoms with Crippen molar-refractivity contribution in [2.45, 2.75) is 6.42 Å². The standard InChI is InChI=1S/C21H19FN4O2S/c22-16-4-2-15(3-5-16)18-7-6-17(28-18)14-19-20(27)24-21(29-19)26-12-10-25(11-13-26)9-1-8-23/h2-7,14H,1,9-13H2/b19-14-. The predicted octanol–water partition coefficient (Wildman–Crippen LogP) is 3.59. The van der Waals surface area contributed by atoms with Crippen LogP contribution in [0.5, 0.6) is 0 Å². The van der Waals surface area contributed by atoms with Crippen molar-refractivity contribution in [2.75, 3.05) is 32.7 Å².